The summed E-state index contributed by atoms with van der Waals surface area (Å²) in [5, 5.41) is 6.04. The van der Waals surface area contributed by atoms with Gasteiger partial charge in [-0.1, -0.05) is 6.07 Å². The normalized spacial score (nSPS) is 12.3. The standard InChI is InChI=1S/C14H22FN3O2S2/c1-16-14(17-6-7-22(3,19)20)18-9-11-4-5-13(15)8-12(11)10-21-2/h4-5,8H,6-7,9-10H2,1-3H3,(H2,16,17,18). The maximum atomic E-state index is 13.3. The second-order valence-electron chi connectivity index (χ2n) is 4.83. The van der Waals surface area contributed by atoms with E-state index in [0.717, 1.165) is 16.9 Å². The van der Waals surface area contributed by atoms with Crippen LogP contribution >= 0.6 is 11.8 Å². The van der Waals surface area contributed by atoms with Gasteiger partial charge in [-0.25, -0.2) is 12.8 Å². The summed E-state index contributed by atoms with van der Waals surface area (Å²) in [4.78, 5) is 4.04. The van der Waals surface area contributed by atoms with Gasteiger partial charge in [0.15, 0.2) is 5.96 Å². The van der Waals surface area contributed by atoms with Gasteiger partial charge in [-0.3, -0.25) is 4.99 Å². The van der Waals surface area contributed by atoms with Crippen LogP contribution in [-0.4, -0.2) is 46.2 Å². The molecule has 22 heavy (non-hydrogen) atoms. The Labute approximate surface area is 135 Å². The van der Waals surface area contributed by atoms with Crippen LogP contribution < -0.4 is 10.6 Å². The first kappa shape index (κ1) is 18.8. The number of rotatable bonds is 7. The van der Waals surface area contributed by atoms with Crippen molar-refractivity contribution in [2.45, 2.75) is 12.3 Å². The van der Waals surface area contributed by atoms with Gasteiger partial charge in [-0.05, 0) is 29.5 Å². The van der Waals surface area contributed by atoms with Crippen molar-refractivity contribution in [3.63, 3.8) is 0 Å². The number of halogens is 1. The van der Waals surface area contributed by atoms with E-state index in [9.17, 15) is 12.8 Å². The molecule has 0 heterocycles. The van der Waals surface area contributed by atoms with Crippen LogP contribution in [0.25, 0.3) is 0 Å². The highest BCUT2D eigenvalue weighted by molar-refractivity contribution is 7.97. The number of aliphatic imine (C=N–C) groups is 1. The molecule has 0 atom stereocenters. The van der Waals surface area contributed by atoms with Gasteiger partial charge >= 0.3 is 0 Å². The highest BCUT2D eigenvalue weighted by Gasteiger charge is 2.06. The Morgan fingerprint density at radius 2 is 2.05 bits per heavy atom. The Hall–Kier alpha value is -1.28. The van der Waals surface area contributed by atoms with E-state index >= 15 is 0 Å². The van der Waals surface area contributed by atoms with Crippen LogP contribution in [0.3, 0.4) is 0 Å². The third-order valence-electron chi connectivity index (χ3n) is 2.90. The van der Waals surface area contributed by atoms with Gasteiger partial charge in [0.25, 0.3) is 0 Å². The number of thioether (sulfide) groups is 1. The maximum absolute atomic E-state index is 13.3. The molecule has 5 nitrogen and oxygen atoms in total. The minimum absolute atomic E-state index is 0.0436. The highest BCUT2D eigenvalue weighted by atomic mass is 32.2. The van der Waals surface area contributed by atoms with Crippen molar-refractivity contribution in [1.82, 2.24) is 10.6 Å². The summed E-state index contributed by atoms with van der Waals surface area (Å²) in [5.41, 5.74) is 1.92. The first-order valence-electron chi connectivity index (χ1n) is 6.74. The van der Waals surface area contributed by atoms with Crippen molar-refractivity contribution in [1.29, 1.82) is 0 Å². The minimum Gasteiger partial charge on any atom is -0.355 e. The summed E-state index contributed by atoms with van der Waals surface area (Å²) < 4.78 is 35.5. The summed E-state index contributed by atoms with van der Waals surface area (Å²) in [5.74, 6) is 1.04. The zero-order valence-electron chi connectivity index (χ0n) is 13.0. The molecule has 0 saturated carbocycles. The Morgan fingerprint density at radius 1 is 1.32 bits per heavy atom. The van der Waals surface area contributed by atoms with E-state index in [4.69, 9.17) is 0 Å². The summed E-state index contributed by atoms with van der Waals surface area (Å²) in [6, 6.07) is 4.71. The van der Waals surface area contributed by atoms with Gasteiger partial charge in [0.1, 0.15) is 15.7 Å². The second kappa shape index (κ2) is 8.99. The van der Waals surface area contributed by atoms with Crippen molar-refractivity contribution < 1.29 is 12.8 Å². The SMILES string of the molecule is CN=C(NCCS(C)(=O)=O)NCc1ccc(F)cc1CSC. The fourth-order valence-electron chi connectivity index (χ4n) is 1.81. The average molecular weight is 347 g/mol. The lowest BCUT2D eigenvalue weighted by Crippen LogP contribution is -2.39. The zero-order chi connectivity index (χ0) is 16.6. The molecule has 124 valence electrons. The number of nitrogens with one attached hydrogen (secondary N) is 2. The van der Waals surface area contributed by atoms with Crippen molar-refractivity contribution in [2.75, 3.05) is 31.9 Å². The Bertz CT molecular complexity index is 619. The molecule has 1 rings (SSSR count). The molecule has 8 heteroatoms. The Kier molecular flexibility index (Phi) is 7.67. The number of benzene rings is 1. The fraction of sp³-hybridized carbons (Fsp3) is 0.500. The third kappa shape index (κ3) is 7.13. The molecular formula is C14H22FN3O2S2. The van der Waals surface area contributed by atoms with Gasteiger partial charge in [-0.2, -0.15) is 11.8 Å². The van der Waals surface area contributed by atoms with E-state index < -0.39 is 9.84 Å². The van der Waals surface area contributed by atoms with E-state index in [-0.39, 0.29) is 11.6 Å². The first-order chi connectivity index (χ1) is 10.4. The number of sulfone groups is 1. The number of nitrogens with zero attached hydrogens (tertiary/aromatic N) is 1. The van der Waals surface area contributed by atoms with Crippen LogP contribution in [0.15, 0.2) is 23.2 Å². The summed E-state index contributed by atoms with van der Waals surface area (Å²) in [6.07, 6.45) is 3.16. The van der Waals surface area contributed by atoms with E-state index in [1.807, 2.05) is 6.26 Å². The predicted molar refractivity (Wildman–Crippen MR) is 91.5 cm³/mol. The zero-order valence-corrected chi connectivity index (χ0v) is 14.7. The molecule has 0 saturated heterocycles. The van der Waals surface area contributed by atoms with E-state index in [1.54, 1.807) is 24.9 Å². The van der Waals surface area contributed by atoms with Crippen molar-refractivity contribution in [3.8, 4) is 0 Å². The highest BCUT2D eigenvalue weighted by Crippen LogP contribution is 2.16. The lowest BCUT2D eigenvalue weighted by molar-refractivity contribution is 0.600. The fourth-order valence-corrected chi connectivity index (χ4v) is 2.86. The molecule has 0 spiro atoms. The topological polar surface area (TPSA) is 70.6 Å². The number of hydrogen-bond donors (Lipinski definition) is 2. The van der Waals surface area contributed by atoms with Crippen molar-refractivity contribution in [2.24, 2.45) is 4.99 Å². The van der Waals surface area contributed by atoms with E-state index in [0.29, 0.717) is 19.0 Å². The predicted octanol–water partition coefficient (Wildman–Crippen LogP) is 1.40. The molecule has 2 N–H and O–H groups in total. The lowest BCUT2D eigenvalue weighted by atomic mass is 10.1. The number of hydrogen-bond acceptors (Lipinski definition) is 4. The van der Waals surface area contributed by atoms with Crippen LogP contribution in [0.4, 0.5) is 4.39 Å². The minimum atomic E-state index is -3.00. The van der Waals surface area contributed by atoms with Gasteiger partial charge in [-0.15, -0.1) is 0 Å². The van der Waals surface area contributed by atoms with Crippen LogP contribution in [0.2, 0.25) is 0 Å². The molecule has 0 aliphatic rings. The molecule has 0 aliphatic heterocycles. The van der Waals surface area contributed by atoms with E-state index in [2.05, 4.69) is 15.6 Å². The quantitative estimate of drug-likeness (QED) is 0.576. The van der Waals surface area contributed by atoms with Crippen LogP contribution in [-0.2, 0) is 22.1 Å². The largest absolute Gasteiger partial charge is 0.355 e. The molecular weight excluding hydrogens is 325 g/mol. The monoisotopic (exact) mass is 347 g/mol. The molecule has 1 aromatic carbocycles. The second-order valence-corrected chi connectivity index (χ2v) is 7.95. The average Bonchev–Trinajstić information content (AvgIpc) is 2.43. The van der Waals surface area contributed by atoms with Gasteiger partial charge in [0.05, 0.1) is 5.75 Å². The molecule has 0 aromatic heterocycles. The van der Waals surface area contributed by atoms with Gasteiger partial charge in [0.2, 0.25) is 0 Å². The van der Waals surface area contributed by atoms with Gasteiger partial charge in [0, 0.05) is 32.1 Å². The van der Waals surface area contributed by atoms with Crippen LogP contribution in [0, 0.1) is 5.82 Å². The summed E-state index contributed by atoms with van der Waals surface area (Å²) >= 11 is 1.63. The molecule has 0 fully saturated rings. The molecule has 0 aliphatic carbocycles. The smallest absolute Gasteiger partial charge is 0.191 e. The number of guanidine groups is 1. The Morgan fingerprint density at radius 3 is 2.64 bits per heavy atom. The van der Waals surface area contributed by atoms with Crippen LogP contribution in [0.1, 0.15) is 11.1 Å². The first-order valence-corrected chi connectivity index (χ1v) is 10.2. The van der Waals surface area contributed by atoms with Gasteiger partial charge < -0.3 is 10.6 Å². The maximum Gasteiger partial charge on any atom is 0.191 e. The molecule has 0 amide bonds. The lowest BCUT2D eigenvalue weighted by Gasteiger charge is -2.14. The molecule has 0 radical (unpaired) electrons. The van der Waals surface area contributed by atoms with E-state index in [1.165, 1.54) is 18.4 Å². The Balaban J connectivity index is 2.60. The van der Waals surface area contributed by atoms with Crippen molar-refractivity contribution >= 4 is 27.6 Å². The summed E-state index contributed by atoms with van der Waals surface area (Å²) in [6.45, 7) is 0.786. The molecule has 1 aromatic rings. The molecule has 0 bridgehead atoms. The summed E-state index contributed by atoms with van der Waals surface area (Å²) in [7, 11) is -1.39. The van der Waals surface area contributed by atoms with Crippen molar-refractivity contribution in [3.05, 3.63) is 35.1 Å². The molecule has 0 unspecified atom stereocenters. The third-order valence-corrected chi connectivity index (χ3v) is 4.45. The van der Waals surface area contributed by atoms with Crippen LogP contribution in [0.5, 0.6) is 0 Å².